The second-order valence-corrected chi connectivity index (χ2v) is 5.67. The number of nitrogens with zero attached hydrogens (tertiary/aromatic N) is 2. The first-order valence-electron chi connectivity index (χ1n) is 7.26. The molecule has 8 heteroatoms. The molecule has 1 atom stereocenters. The van der Waals surface area contributed by atoms with Gasteiger partial charge in [-0.2, -0.15) is 13.2 Å². The van der Waals surface area contributed by atoms with Gasteiger partial charge in [0.15, 0.2) is 5.54 Å². The maximum atomic E-state index is 13.0. The molecule has 2 aliphatic heterocycles. The Morgan fingerprint density at radius 3 is 2.62 bits per heavy atom. The van der Waals surface area contributed by atoms with E-state index in [1.807, 2.05) is 0 Å². The minimum atomic E-state index is -4.61. The van der Waals surface area contributed by atoms with Gasteiger partial charge in [-0.1, -0.05) is 24.3 Å². The molecule has 0 aromatic heterocycles. The Morgan fingerprint density at radius 2 is 1.96 bits per heavy atom. The number of halogens is 3. The van der Waals surface area contributed by atoms with E-state index in [0.717, 1.165) is 6.08 Å². The second-order valence-electron chi connectivity index (χ2n) is 5.67. The molecule has 128 valence electrons. The predicted molar refractivity (Wildman–Crippen MR) is 79.0 cm³/mol. The van der Waals surface area contributed by atoms with Crippen molar-refractivity contribution in [1.82, 2.24) is 4.90 Å². The Morgan fingerprint density at radius 1 is 1.25 bits per heavy atom. The van der Waals surface area contributed by atoms with Gasteiger partial charge >= 0.3 is 6.18 Å². The highest BCUT2D eigenvalue weighted by atomic mass is 19.4. The van der Waals surface area contributed by atoms with E-state index in [4.69, 9.17) is 4.74 Å². The number of carbonyl (C=O) groups excluding carboxylic acids is 2. The Bertz CT molecular complexity index is 717. The summed E-state index contributed by atoms with van der Waals surface area (Å²) in [5.41, 5.74) is -0.843. The number of benzene rings is 1. The van der Waals surface area contributed by atoms with E-state index in [-0.39, 0.29) is 13.2 Å². The van der Waals surface area contributed by atoms with Gasteiger partial charge in [-0.25, -0.2) is 0 Å². The number of methoxy groups -OCH3 is 1. The molecule has 0 N–H and O–H groups in total. The standard InChI is InChI=1S/C16H15F3N2O3/c1-24-10-20-12-6-3-2-5-11(12)15(14(20)23)8-4-7-13(22)21(15)9-16(17,18)19/h2-7H,8-10H2,1H3. The van der Waals surface area contributed by atoms with E-state index in [0.29, 0.717) is 16.2 Å². The van der Waals surface area contributed by atoms with Gasteiger partial charge in [-0.3, -0.25) is 14.5 Å². The van der Waals surface area contributed by atoms with Crippen molar-refractivity contribution in [3.05, 3.63) is 42.0 Å². The zero-order valence-electron chi connectivity index (χ0n) is 12.8. The minimum absolute atomic E-state index is 0.00905. The summed E-state index contributed by atoms with van der Waals surface area (Å²) in [5.74, 6) is -1.42. The lowest BCUT2D eigenvalue weighted by Gasteiger charge is -2.41. The Kier molecular flexibility index (Phi) is 3.87. The number of ether oxygens (including phenoxy) is 1. The van der Waals surface area contributed by atoms with Crippen molar-refractivity contribution in [2.24, 2.45) is 0 Å². The molecule has 2 amide bonds. The highest BCUT2D eigenvalue weighted by Crippen LogP contribution is 2.48. The average Bonchev–Trinajstić information content (AvgIpc) is 2.74. The zero-order valence-corrected chi connectivity index (χ0v) is 12.8. The third-order valence-electron chi connectivity index (χ3n) is 4.24. The van der Waals surface area contributed by atoms with Gasteiger partial charge in [0, 0.05) is 19.1 Å². The van der Waals surface area contributed by atoms with Crippen molar-refractivity contribution >= 4 is 17.5 Å². The third kappa shape index (κ3) is 2.37. The van der Waals surface area contributed by atoms with Crippen LogP contribution >= 0.6 is 0 Å². The van der Waals surface area contributed by atoms with Gasteiger partial charge in [0.25, 0.3) is 5.91 Å². The zero-order chi connectivity index (χ0) is 17.5. The lowest BCUT2D eigenvalue weighted by Crippen LogP contribution is -2.58. The normalized spacial score (nSPS) is 23.3. The fraction of sp³-hybridized carbons (Fsp3) is 0.375. The van der Waals surface area contributed by atoms with Crippen LogP contribution in [0.3, 0.4) is 0 Å². The van der Waals surface area contributed by atoms with Crippen LogP contribution < -0.4 is 4.90 Å². The summed E-state index contributed by atoms with van der Waals surface area (Å²) in [5, 5.41) is 0. The lowest BCUT2D eigenvalue weighted by atomic mass is 9.83. The fourth-order valence-corrected chi connectivity index (χ4v) is 3.33. The van der Waals surface area contributed by atoms with E-state index in [1.54, 1.807) is 24.3 Å². The Balaban J connectivity index is 2.17. The highest BCUT2D eigenvalue weighted by Gasteiger charge is 2.58. The van der Waals surface area contributed by atoms with Crippen LogP contribution in [0.2, 0.25) is 0 Å². The largest absolute Gasteiger partial charge is 0.406 e. The lowest BCUT2D eigenvalue weighted by molar-refractivity contribution is -0.175. The molecule has 1 spiro atoms. The van der Waals surface area contributed by atoms with Crippen molar-refractivity contribution in [1.29, 1.82) is 0 Å². The van der Waals surface area contributed by atoms with E-state index in [1.165, 1.54) is 18.1 Å². The number of amides is 2. The number of fused-ring (bicyclic) bond motifs is 2. The molecule has 1 unspecified atom stereocenters. The van der Waals surface area contributed by atoms with Crippen molar-refractivity contribution in [3.63, 3.8) is 0 Å². The summed E-state index contributed by atoms with van der Waals surface area (Å²) in [7, 11) is 1.39. The van der Waals surface area contributed by atoms with Crippen LogP contribution in [0.25, 0.3) is 0 Å². The number of para-hydroxylation sites is 1. The summed E-state index contributed by atoms with van der Waals surface area (Å²) in [6.45, 7) is -1.59. The summed E-state index contributed by atoms with van der Waals surface area (Å²) in [6, 6.07) is 6.54. The molecule has 0 radical (unpaired) electrons. The third-order valence-corrected chi connectivity index (χ3v) is 4.24. The molecule has 0 saturated carbocycles. The van der Waals surface area contributed by atoms with Gasteiger partial charge < -0.3 is 9.64 Å². The van der Waals surface area contributed by atoms with Crippen molar-refractivity contribution in [3.8, 4) is 0 Å². The molecule has 2 aliphatic rings. The smallest absolute Gasteiger partial charge is 0.364 e. The van der Waals surface area contributed by atoms with Crippen LogP contribution in [0, 0.1) is 0 Å². The first kappa shape index (κ1) is 16.5. The van der Waals surface area contributed by atoms with Crippen LogP contribution in [0.4, 0.5) is 18.9 Å². The van der Waals surface area contributed by atoms with Gasteiger partial charge in [0.1, 0.15) is 13.3 Å². The van der Waals surface area contributed by atoms with Crippen LogP contribution in [0.15, 0.2) is 36.4 Å². The SMILES string of the molecule is COCN1C(=O)C2(CC=CC(=O)N2CC(F)(F)F)c2ccccc21. The number of anilines is 1. The molecule has 5 nitrogen and oxygen atoms in total. The molecular weight excluding hydrogens is 325 g/mol. The first-order valence-corrected chi connectivity index (χ1v) is 7.26. The summed E-state index contributed by atoms with van der Waals surface area (Å²) < 4.78 is 44.1. The molecule has 0 bridgehead atoms. The van der Waals surface area contributed by atoms with Gasteiger partial charge in [0.05, 0.1) is 5.69 Å². The first-order chi connectivity index (χ1) is 11.3. The Labute approximate surface area is 136 Å². The summed E-state index contributed by atoms with van der Waals surface area (Å²) in [4.78, 5) is 27.1. The number of alkyl halides is 3. The maximum Gasteiger partial charge on any atom is 0.406 e. The molecule has 3 rings (SSSR count). The van der Waals surface area contributed by atoms with Gasteiger partial charge in [-0.15, -0.1) is 0 Å². The molecule has 0 fully saturated rings. The fourth-order valence-electron chi connectivity index (χ4n) is 3.33. The predicted octanol–water partition coefficient (Wildman–Crippen LogP) is 2.18. The van der Waals surface area contributed by atoms with E-state index < -0.39 is 30.1 Å². The van der Waals surface area contributed by atoms with Crippen LogP contribution in [0.5, 0.6) is 0 Å². The summed E-state index contributed by atoms with van der Waals surface area (Å²) >= 11 is 0. The van der Waals surface area contributed by atoms with Crippen LogP contribution in [0.1, 0.15) is 12.0 Å². The van der Waals surface area contributed by atoms with E-state index >= 15 is 0 Å². The molecule has 2 heterocycles. The molecule has 0 saturated heterocycles. The van der Waals surface area contributed by atoms with Crippen LogP contribution in [-0.2, 0) is 19.9 Å². The molecule has 1 aromatic rings. The van der Waals surface area contributed by atoms with Gasteiger partial charge in [0.2, 0.25) is 5.91 Å². The highest BCUT2D eigenvalue weighted by molar-refractivity contribution is 6.10. The number of carbonyl (C=O) groups is 2. The van der Waals surface area contributed by atoms with Crippen molar-refractivity contribution in [2.75, 3.05) is 25.3 Å². The summed E-state index contributed by atoms with van der Waals surface area (Å²) in [6.07, 6.45) is -2.10. The number of hydrogen-bond acceptors (Lipinski definition) is 3. The van der Waals surface area contributed by atoms with Crippen LogP contribution in [-0.4, -0.2) is 43.3 Å². The average molecular weight is 340 g/mol. The molecular formula is C16H15F3N2O3. The topological polar surface area (TPSA) is 49.9 Å². The second kappa shape index (κ2) is 5.62. The molecule has 0 aliphatic carbocycles. The van der Waals surface area contributed by atoms with E-state index in [9.17, 15) is 22.8 Å². The number of hydrogen-bond donors (Lipinski definition) is 0. The Hall–Kier alpha value is -2.35. The number of rotatable bonds is 3. The maximum absolute atomic E-state index is 13.0. The monoisotopic (exact) mass is 340 g/mol. The molecule has 24 heavy (non-hydrogen) atoms. The quantitative estimate of drug-likeness (QED) is 0.847. The molecule has 1 aromatic carbocycles. The van der Waals surface area contributed by atoms with E-state index in [2.05, 4.69) is 0 Å². The minimum Gasteiger partial charge on any atom is -0.364 e. The van der Waals surface area contributed by atoms with Crippen molar-refractivity contribution in [2.45, 2.75) is 18.1 Å². The van der Waals surface area contributed by atoms with Crippen molar-refractivity contribution < 1.29 is 27.5 Å². The van der Waals surface area contributed by atoms with Gasteiger partial charge in [-0.05, 0) is 12.1 Å².